The van der Waals surface area contributed by atoms with Gasteiger partial charge in [-0.15, -0.1) is 0 Å². The molecule has 0 atom stereocenters. The summed E-state index contributed by atoms with van der Waals surface area (Å²) < 4.78 is 0. The summed E-state index contributed by atoms with van der Waals surface area (Å²) in [7, 11) is 0. The first kappa shape index (κ1) is 13.4. The predicted molar refractivity (Wildman–Crippen MR) is 98.9 cm³/mol. The Hall–Kier alpha value is -3.00. The van der Waals surface area contributed by atoms with Gasteiger partial charge in [-0.25, -0.2) is 0 Å². The largest absolute Gasteiger partial charge is 0.255 e. The van der Waals surface area contributed by atoms with Gasteiger partial charge in [0.2, 0.25) is 0 Å². The van der Waals surface area contributed by atoms with E-state index in [1.807, 2.05) is 24.4 Å². The van der Waals surface area contributed by atoms with Crippen molar-refractivity contribution in [2.45, 2.75) is 13.8 Å². The molecule has 0 N–H and O–H groups in total. The minimum atomic E-state index is 0.934. The maximum atomic E-state index is 4.92. The van der Waals surface area contributed by atoms with Crippen molar-refractivity contribution in [3.8, 4) is 33.6 Å². The van der Waals surface area contributed by atoms with Gasteiger partial charge in [-0.1, -0.05) is 42.5 Å². The molecule has 1 aliphatic rings. The van der Waals surface area contributed by atoms with Crippen LogP contribution in [-0.4, -0.2) is 9.97 Å². The second kappa shape index (κ2) is 4.75. The molecule has 2 aromatic carbocycles. The highest BCUT2D eigenvalue weighted by Gasteiger charge is 2.27. The van der Waals surface area contributed by atoms with Gasteiger partial charge in [-0.3, -0.25) is 9.97 Å². The average molecular weight is 308 g/mol. The topological polar surface area (TPSA) is 25.8 Å². The lowest BCUT2D eigenvalue weighted by Gasteiger charge is -2.13. The number of benzene rings is 2. The summed E-state index contributed by atoms with van der Waals surface area (Å²) in [6, 6.07) is 19.1. The summed E-state index contributed by atoms with van der Waals surface area (Å²) in [5.41, 5.74) is 9.41. The minimum Gasteiger partial charge on any atom is -0.255 e. The van der Waals surface area contributed by atoms with Gasteiger partial charge in [0.1, 0.15) is 0 Å². The molecule has 4 aromatic rings. The molecule has 0 aliphatic heterocycles. The smallest absolute Gasteiger partial charge is 0.0925 e. The number of hydrogen-bond acceptors (Lipinski definition) is 2. The van der Waals surface area contributed by atoms with Crippen LogP contribution in [0.25, 0.3) is 44.4 Å². The van der Waals surface area contributed by atoms with E-state index < -0.39 is 0 Å². The number of nitrogens with zero attached hydrogens (tertiary/aromatic N) is 2. The third-order valence-electron chi connectivity index (χ3n) is 4.97. The quantitative estimate of drug-likeness (QED) is 0.405. The molecule has 24 heavy (non-hydrogen) atoms. The van der Waals surface area contributed by atoms with Gasteiger partial charge < -0.3 is 0 Å². The summed E-state index contributed by atoms with van der Waals surface area (Å²) in [6.07, 6.45) is 1.83. The highest BCUT2D eigenvalue weighted by molar-refractivity contribution is 6.16. The van der Waals surface area contributed by atoms with Crippen molar-refractivity contribution in [2.75, 3.05) is 0 Å². The molecule has 2 aromatic heterocycles. The Morgan fingerprint density at radius 3 is 2.21 bits per heavy atom. The molecule has 0 fully saturated rings. The van der Waals surface area contributed by atoms with Crippen LogP contribution < -0.4 is 0 Å². The summed E-state index contributed by atoms with van der Waals surface area (Å²) in [5.74, 6) is 0. The lowest BCUT2D eigenvalue weighted by atomic mass is 9.96. The second-order valence-electron chi connectivity index (χ2n) is 6.35. The van der Waals surface area contributed by atoms with E-state index in [0.29, 0.717) is 0 Å². The molecular formula is C22H16N2. The van der Waals surface area contributed by atoms with E-state index in [-0.39, 0.29) is 0 Å². The third-order valence-corrected chi connectivity index (χ3v) is 4.97. The van der Waals surface area contributed by atoms with Gasteiger partial charge in [0.05, 0.1) is 11.4 Å². The summed E-state index contributed by atoms with van der Waals surface area (Å²) in [5, 5.41) is 2.64. The minimum absolute atomic E-state index is 0.934. The van der Waals surface area contributed by atoms with Crippen LogP contribution in [0.5, 0.6) is 0 Å². The number of aromatic nitrogens is 2. The van der Waals surface area contributed by atoms with Gasteiger partial charge in [-0.05, 0) is 59.0 Å². The Bertz CT molecular complexity index is 1110. The van der Waals surface area contributed by atoms with Gasteiger partial charge in [0.25, 0.3) is 0 Å². The Morgan fingerprint density at radius 2 is 1.50 bits per heavy atom. The molecular weight excluding hydrogens is 292 g/mol. The summed E-state index contributed by atoms with van der Waals surface area (Å²) >= 11 is 0. The molecule has 0 spiro atoms. The normalized spacial score (nSPS) is 11.8. The molecule has 0 radical (unpaired) electrons. The summed E-state index contributed by atoms with van der Waals surface area (Å²) in [4.78, 5) is 9.43. The molecule has 2 nitrogen and oxygen atoms in total. The van der Waals surface area contributed by atoms with E-state index in [0.717, 1.165) is 17.1 Å². The Balaban J connectivity index is 1.92. The van der Waals surface area contributed by atoms with Crippen LogP contribution in [0, 0.1) is 13.8 Å². The molecule has 2 heteroatoms. The Morgan fingerprint density at radius 1 is 0.750 bits per heavy atom. The van der Waals surface area contributed by atoms with Crippen molar-refractivity contribution < 1.29 is 0 Å². The first-order valence-corrected chi connectivity index (χ1v) is 8.21. The van der Waals surface area contributed by atoms with Crippen molar-refractivity contribution in [3.05, 3.63) is 72.1 Å². The summed E-state index contributed by atoms with van der Waals surface area (Å²) in [6.45, 7) is 4.27. The zero-order valence-corrected chi connectivity index (χ0v) is 13.7. The van der Waals surface area contributed by atoms with Gasteiger partial charge >= 0.3 is 0 Å². The van der Waals surface area contributed by atoms with E-state index >= 15 is 0 Å². The van der Waals surface area contributed by atoms with Crippen LogP contribution in [-0.2, 0) is 0 Å². The maximum absolute atomic E-state index is 4.92. The zero-order valence-electron chi connectivity index (χ0n) is 13.7. The first-order valence-electron chi connectivity index (χ1n) is 8.21. The van der Waals surface area contributed by atoms with Crippen LogP contribution in [0.2, 0.25) is 0 Å². The van der Waals surface area contributed by atoms with E-state index in [4.69, 9.17) is 4.98 Å². The fourth-order valence-corrected chi connectivity index (χ4v) is 3.97. The number of rotatable bonds is 1. The van der Waals surface area contributed by atoms with E-state index in [1.54, 1.807) is 0 Å². The lowest BCUT2D eigenvalue weighted by molar-refractivity contribution is 1.16. The maximum Gasteiger partial charge on any atom is 0.0925 e. The molecule has 0 saturated carbocycles. The van der Waals surface area contributed by atoms with E-state index in [1.165, 1.54) is 38.6 Å². The van der Waals surface area contributed by atoms with Crippen LogP contribution in [0.15, 0.2) is 60.8 Å². The second-order valence-corrected chi connectivity index (χ2v) is 6.35. The lowest BCUT2D eigenvalue weighted by Crippen LogP contribution is -1.98. The molecule has 0 saturated heterocycles. The zero-order chi connectivity index (χ0) is 16.3. The monoisotopic (exact) mass is 308 g/mol. The van der Waals surface area contributed by atoms with Crippen LogP contribution >= 0.6 is 0 Å². The molecule has 1 aliphatic carbocycles. The van der Waals surface area contributed by atoms with E-state index in [2.05, 4.69) is 55.2 Å². The van der Waals surface area contributed by atoms with Crippen LogP contribution in [0.3, 0.4) is 0 Å². The molecule has 2 heterocycles. The average Bonchev–Trinajstić information content (AvgIpc) is 2.97. The van der Waals surface area contributed by atoms with Crippen molar-refractivity contribution in [2.24, 2.45) is 0 Å². The third kappa shape index (κ3) is 1.65. The van der Waals surface area contributed by atoms with Crippen molar-refractivity contribution >= 4 is 10.8 Å². The predicted octanol–water partition coefficient (Wildman–Crippen LogP) is 5.56. The van der Waals surface area contributed by atoms with E-state index in [9.17, 15) is 0 Å². The molecule has 0 bridgehead atoms. The van der Waals surface area contributed by atoms with Crippen molar-refractivity contribution in [1.82, 2.24) is 9.97 Å². The SMILES string of the molecule is Cc1nc(-c2ccccn2)c(C)c2c1-c1cccc3cccc-2c13. The Labute approximate surface area is 140 Å². The molecule has 0 amide bonds. The van der Waals surface area contributed by atoms with Gasteiger partial charge in [0, 0.05) is 17.5 Å². The van der Waals surface area contributed by atoms with Gasteiger partial charge in [-0.2, -0.15) is 0 Å². The first-order chi connectivity index (χ1) is 11.8. The highest BCUT2D eigenvalue weighted by atomic mass is 14.8. The highest BCUT2D eigenvalue weighted by Crippen LogP contribution is 2.50. The van der Waals surface area contributed by atoms with Crippen molar-refractivity contribution in [1.29, 1.82) is 0 Å². The number of hydrogen-bond donors (Lipinski definition) is 0. The number of fused-ring (bicyclic) bond motifs is 3. The van der Waals surface area contributed by atoms with Crippen molar-refractivity contribution in [3.63, 3.8) is 0 Å². The molecule has 5 rings (SSSR count). The fourth-order valence-electron chi connectivity index (χ4n) is 3.97. The van der Waals surface area contributed by atoms with Crippen LogP contribution in [0.4, 0.5) is 0 Å². The Kier molecular flexibility index (Phi) is 2.66. The molecule has 114 valence electrons. The van der Waals surface area contributed by atoms with Crippen LogP contribution in [0.1, 0.15) is 11.3 Å². The standard InChI is InChI=1S/C22H16N2/c1-13-19-16-9-5-7-15-8-6-10-17(21(15)16)20(19)14(2)24-22(13)18-11-3-4-12-23-18/h3-12H,1-2H3. The van der Waals surface area contributed by atoms with Gasteiger partial charge in [0.15, 0.2) is 0 Å². The number of pyridine rings is 2. The molecule has 0 unspecified atom stereocenters. The number of aryl methyl sites for hydroxylation is 1. The fraction of sp³-hybridized carbons (Fsp3) is 0.0909.